The maximum absolute atomic E-state index is 11.5. The first-order valence-corrected chi connectivity index (χ1v) is 7.33. The van der Waals surface area contributed by atoms with Crippen molar-refractivity contribution >= 4 is 16.8 Å². The second-order valence-corrected chi connectivity index (χ2v) is 5.43. The van der Waals surface area contributed by atoms with Crippen LogP contribution in [0.4, 0.5) is 0 Å². The molecule has 0 aromatic heterocycles. The number of nitro groups is 1. The number of para-hydroxylation sites is 1. The molecule has 4 nitrogen and oxygen atoms in total. The Hall–Kier alpha value is -3.14. The van der Waals surface area contributed by atoms with Gasteiger partial charge in [0.2, 0.25) is 6.10 Å². The number of benzene rings is 3. The van der Waals surface area contributed by atoms with E-state index >= 15 is 0 Å². The van der Waals surface area contributed by atoms with Gasteiger partial charge in [0.1, 0.15) is 5.75 Å². The molecule has 0 saturated heterocycles. The van der Waals surface area contributed by atoms with Gasteiger partial charge in [-0.15, -0.1) is 0 Å². The van der Waals surface area contributed by atoms with Crippen LogP contribution < -0.4 is 4.74 Å². The number of hydrogen-bond donors (Lipinski definition) is 0. The van der Waals surface area contributed by atoms with E-state index in [9.17, 15) is 10.1 Å². The third-order valence-electron chi connectivity index (χ3n) is 4.05. The van der Waals surface area contributed by atoms with Crippen LogP contribution in [0.3, 0.4) is 0 Å². The highest BCUT2D eigenvalue weighted by Gasteiger charge is 2.33. The molecular formula is C19H13NO3. The van der Waals surface area contributed by atoms with E-state index in [0.717, 1.165) is 21.9 Å². The number of hydrogen-bond acceptors (Lipinski definition) is 3. The maximum Gasteiger partial charge on any atom is 0.291 e. The van der Waals surface area contributed by atoms with E-state index in [4.69, 9.17) is 4.74 Å². The summed E-state index contributed by atoms with van der Waals surface area (Å²) in [5.41, 5.74) is 1.59. The molecule has 4 rings (SSSR count). The second-order valence-electron chi connectivity index (χ2n) is 5.43. The lowest BCUT2D eigenvalue weighted by atomic mass is 9.96. The first kappa shape index (κ1) is 13.5. The van der Waals surface area contributed by atoms with Crippen LogP contribution in [0.5, 0.6) is 5.75 Å². The maximum atomic E-state index is 11.5. The summed E-state index contributed by atoms with van der Waals surface area (Å²) in [6.07, 6.45) is 0.886. The molecule has 0 aliphatic carbocycles. The minimum absolute atomic E-state index is 0.0556. The average molecular weight is 303 g/mol. The number of fused-ring (bicyclic) bond motifs is 2. The minimum Gasteiger partial charge on any atom is -0.474 e. The Labute approximate surface area is 132 Å². The molecule has 0 radical (unpaired) electrons. The zero-order valence-corrected chi connectivity index (χ0v) is 12.2. The third-order valence-corrected chi connectivity index (χ3v) is 4.05. The van der Waals surface area contributed by atoms with Gasteiger partial charge in [0.05, 0.1) is 4.92 Å². The standard InChI is InChI=1S/C19H13NO3/c21-20(22)17-12-14-7-2-4-11-18(14)23-19(17)16-10-5-8-13-6-1-3-9-15(13)16/h1-12,19H. The van der Waals surface area contributed by atoms with Crippen LogP contribution in [-0.2, 0) is 0 Å². The number of ether oxygens (including phenoxy) is 1. The predicted molar refractivity (Wildman–Crippen MR) is 88.7 cm³/mol. The largest absolute Gasteiger partial charge is 0.474 e. The molecule has 0 bridgehead atoms. The summed E-state index contributed by atoms with van der Waals surface area (Å²) in [7, 11) is 0. The number of nitrogens with zero attached hydrogens (tertiary/aromatic N) is 1. The average Bonchev–Trinajstić information content (AvgIpc) is 2.60. The van der Waals surface area contributed by atoms with E-state index in [1.165, 1.54) is 0 Å². The van der Waals surface area contributed by atoms with E-state index in [1.54, 1.807) is 6.08 Å². The second kappa shape index (κ2) is 5.25. The summed E-state index contributed by atoms with van der Waals surface area (Å²) in [6, 6.07) is 21.0. The van der Waals surface area contributed by atoms with Gasteiger partial charge in [0.15, 0.2) is 0 Å². The van der Waals surface area contributed by atoms with Crippen molar-refractivity contribution in [2.45, 2.75) is 6.10 Å². The lowest BCUT2D eigenvalue weighted by Gasteiger charge is -2.23. The smallest absolute Gasteiger partial charge is 0.291 e. The van der Waals surface area contributed by atoms with Crippen molar-refractivity contribution in [1.29, 1.82) is 0 Å². The van der Waals surface area contributed by atoms with Crippen molar-refractivity contribution in [2.75, 3.05) is 0 Å². The molecule has 112 valence electrons. The number of rotatable bonds is 2. The van der Waals surface area contributed by atoms with Crippen molar-refractivity contribution < 1.29 is 9.66 Å². The van der Waals surface area contributed by atoms with E-state index in [0.29, 0.717) is 5.75 Å². The van der Waals surface area contributed by atoms with Gasteiger partial charge in [0, 0.05) is 17.2 Å². The van der Waals surface area contributed by atoms with Gasteiger partial charge in [-0.1, -0.05) is 60.7 Å². The van der Waals surface area contributed by atoms with E-state index in [1.807, 2.05) is 66.7 Å². The molecule has 1 unspecified atom stereocenters. The molecule has 1 heterocycles. The topological polar surface area (TPSA) is 52.4 Å². The Morgan fingerprint density at radius 1 is 0.913 bits per heavy atom. The molecule has 3 aromatic carbocycles. The minimum atomic E-state index is -0.717. The summed E-state index contributed by atoms with van der Waals surface area (Å²) in [4.78, 5) is 11.2. The molecule has 1 atom stereocenters. The van der Waals surface area contributed by atoms with Gasteiger partial charge in [0.25, 0.3) is 5.70 Å². The summed E-state index contributed by atoms with van der Waals surface area (Å²) in [5, 5.41) is 13.5. The highest BCUT2D eigenvalue weighted by molar-refractivity contribution is 5.86. The Balaban J connectivity index is 1.92. The summed E-state index contributed by atoms with van der Waals surface area (Å²) in [6.45, 7) is 0. The third kappa shape index (κ3) is 2.25. The van der Waals surface area contributed by atoms with Crippen LogP contribution in [0.15, 0.2) is 72.4 Å². The fourth-order valence-corrected chi connectivity index (χ4v) is 2.98. The molecule has 3 aromatic rings. The molecule has 1 aliphatic rings. The highest BCUT2D eigenvalue weighted by Crippen LogP contribution is 2.39. The van der Waals surface area contributed by atoms with Gasteiger partial charge >= 0.3 is 0 Å². The fourth-order valence-electron chi connectivity index (χ4n) is 2.98. The summed E-state index contributed by atoms with van der Waals surface area (Å²) in [5.74, 6) is 0.663. The zero-order chi connectivity index (χ0) is 15.8. The lowest BCUT2D eigenvalue weighted by Crippen LogP contribution is -2.20. The van der Waals surface area contributed by atoms with Crippen LogP contribution in [0, 0.1) is 10.1 Å². The first-order valence-electron chi connectivity index (χ1n) is 7.33. The van der Waals surface area contributed by atoms with Gasteiger partial charge < -0.3 is 4.74 Å². The predicted octanol–water partition coefficient (Wildman–Crippen LogP) is 4.59. The molecule has 0 saturated carbocycles. The van der Waals surface area contributed by atoms with Crippen LogP contribution in [-0.4, -0.2) is 4.92 Å². The van der Waals surface area contributed by atoms with Gasteiger partial charge in [-0.05, 0) is 16.8 Å². The molecule has 0 fully saturated rings. The Bertz CT molecular complexity index is 941. The molecule has 0 N–H and O–H groups in total. The van der Waals surface area contributed by atoms with Crippen LogP contribution >= 0.6 is 0 Å². The lowest BCUT2D eigenvalue weighted by molar-refractivity contribution is -0.434. The van der Waals surface area contributed by atoms with E-state index in [2.05, 4.69) is 0 Å². The van der Waals surface area contributed by atoms with E-state index in [-0.39, 0.29) is 10.6 Å². The SMILES string of the molecule is O=[N+]([O-])C1=Cc2ccccc2OC1c1cccc2ccccc12. The van der Waals surface area contributed by atoms with Crippen LogP contribution in [0.25, 0.3) is 16.8 Å². The Morgan fingerprint density at radius 3 is 2.52 bits per heavy atom. The summed E-state index contributed by atoms with van der Waals surface area (Å²) < 4.78 is 5.99. The fraction of sp³-hybridized carbons (Fsp3) is 0.0526. The van der Waals surface area contributed by atoms with Crippen molar-refractivity contribution in [3.05, 3.63) is 93.7 Å². The van der Waals surface area contributed by atoms with E-state index < -0.39 is 6.10 Å². The molecule has 0 amide bonds. The highest BCUT2D eigenvalue weighted by atomic mass is 16.6. The van der Waals surface area contributed by atoms with Gasteiger partial charge in [-0.2, -0.15) is 0 Å². The van der Waals surface area contributed by atoms with Crippen molar-refractivity contribution in [3.8, 4) is 5.75 Å². The van der Waals surface area contributed by atoms with Gasteiger partial charge in [-0.25, -0.2) is 0 Å². The Kier molecular flexibility index (Phi) is 3.08. The molecule has 1 aliphatic heterocycles. The van der Waals surface area contributed by atoms with Gasteiger partial charge in [-0.3, -0.25) is 10.1 Å². The molecule has 4 heteroatoms. The van der Waals surface area contributed by atoms with Crippen molar-refractivity contribution in [1.82, 2.24) is 0 Å². The Morgan fingerprint density at radius 2 is 1.65 bits per heavy atom. The quantitative estimate of drug-likeness (QED) is 0.514. The van der Waals surface area contributed by atoms with Crippen molar-refractivity contribution in [3.63, 3.8) is 0 Å². The normalized spacial score (nSPS) is 16.3. The molecular weight excluding hydrogens is 290 g/mol. The van der Waals surface area contributed by atoms with Crippen molar-refractivity contribution in [2.24, 2.45) is 0 Å². The summed E-state index contributed by atoms with van der Waals surface area (Å²) >= 11 is 0. The molecule has 23 heavy (non-hydrogen) atoms. The van der Waals surface area contributed by atoms with Crippen LogP contribution in [0.2, 0.25) is 0 Å². The first-order chi connectivity index (χ1) is 11.2. The zero-order valence-electron chi connectivity index (χ0n) is 12.2. The molecule has 0 spiro atoms. The van der Waals surface area contributed by atoms with Crippen LogP contribution in [0.1, 0.15) is 17.2 Å². The monoisotopic (exact) mass is 303 g/mol.